The second kappa shape index (κ2) is 8.30. The number of carbonyl (C=O) groups excluding carboxylic acids is 4. The Labute approximate surface area is 175 Å². The molecule has 2 saturated heterocycles. The second-order valence-electron chi connectivity index (χ2n) is 6.56. The molecule has 0 unspecified atom stereocenters. The molecular weight excluding hydrogens is 412 g/mol. The highest BCUT2D eigenvalue weighted by molar-refractivity contribution is 8.15. The average molecular weight is 428 g/mol. The van der Waals surface area contributed by atoms with Crippen LogP contribution in [0.2, 0.25) is 0 Å². The molecule has 0 spiro atoms. The molecule has 4 rings (SSSR count). The SMILES string of the molecule is O=C1NC(=O)[C@@H](Cc2ccc(Oc3ccc(C[C@H]4SC(=O)NC4=O)cc3)cc2)S1. The highest BCUT2D eigenvalue weighted by Gasteiger charge is 2.32. The molecule has 0 saturated carbocycles. The summed E-state index contributed by atoms with van der Waals surface area (Å²) in [5.41, 5.74) is 1.88. The third kappa shape index (κ3) is 4.80. The molecule has 9 heteroatoms. The number of carbonyl (C=O) groups is 4. The molecule has 2 aliphatic heterocycles. The average Bonchev–Trinajstić information content (AvgIpc) is 3.18. The van der Waals surface area contributed by atoms with E-state index in [9.17, 15) is 19.2 Å². The molecule has 0 bridgehead atoms. The minimum Gasteiger partial charge on any atom is -0.457 e. The van der Waals surface area contributed by atoms with Crippen LogP contribution in [-0.4, -0.2) is 32.8 Å². The zero-order chi connectivity index (χ0) is 20.4. The third-order valence-corrected chi connectivity index (χ3v) is 6.42. The van der Waals surface area contributed by atoms with E-state index in [4.69, 9.17) is 4.74 Å². The van der Waals surface area contributed by atoms with Crippen molar-refractivity contribution in [1.29, 1.82) is 0 Å². The van der Waals surface area contributed by atoms with Crippen molar-refractivity contribution in [3.05, 3.63) is 59.7 Å². The first-order chi connectivity index (χ1) is 14.0. The van der Waals surface area contributed by atoms with Crippen molar-refractivity contribution in [3.63, 3.8) is 0 Å². The van der Waals surface area contributed by atoms with Gasteiger partial charge in [0, 0.05) is 0 Å². The van der Waals surface area contributed by atoms with E-state index < -0.39 is 10.5 Å². The predicted octanol–water partition coefficient (Wildman–Crippen LogP) is 3.27. The van der Waals surface area contributed by atoms with E-state index in [0.29, 0.717) is 24.3 Å². The Kier molecular flexibility index (Phi) is 5.59. The smallest absolute Gasteiger partial charge is 0.286 e. The summed E-state index contributed by atoms with van der Waals surface area (Å²) < 4.78 is 5.83. The van der Waals surface area contributed by atoms with Gasteiger partial charge in [-0.3, -0.25) is 29.8 Å². The van der Waals surface area contributed by atoms with Gasteiger partial charge in [0.15, 0.2) is 0 Å². The minimum absolute atomic E-state index is 0.252. The summed E-state index contributed by atoms with van der Waals surface area (Å²) in [6, 6.07) is 14.7. The lowest BCUT2D eigenvalue weighted by Gasteiger charge is -2.10. The molecule has 2 atom stereocenters. The number of ether oxygens (including phenoxy) is 1. The van der Waals surface area contributed by atoms with Crippen LogP contribution in [0.3, 0.4) is 0 Å². The fraction of sp³-hybridized carbons (Fsp3) is 0.200. The minimum atomic E-state index is -0.391. The zero-order valence-corrected chi connectivity index (χ0v) is 16.7. The van der Waals surface area contributed by atoms with Crippen molar-refractivity contribution in [1.82, 2.24) is 10.6 Å². The second-order valence-corrected chi connectivity index (χ2v) is 8.92. The van der Waals surface area contributed by atoms with Gasteiger partial charge >= 0.3 is 0 Å². The molecule has 2 heterocycles. The monoisotopic (exact) mass is 428 g/mol. The van der Waals surface area contributed by atoms with Crippen LogP contribution in [0.25, 0.3) is 0 Å². The van der Waals surface area contributed by atoms with Gasteiger partial charge in [-0.2, -0.15) is 0 Å². The number of hydrogen-bond acceptors (Lipinski definition) is 7. The maximum Gasteiger partial charge on any atom is 0.286 e. The highest BCUT2D eigenvalue weighted by atomic mass is 32.2. The summed E-state index contributed by atoms with van der Waals surface area (Å²) >= 11 is 2.02. The van der Waals surface area contributed by atoms with Crippen molar-refractivity contribution < 1.29 is 23.9 Å². The molecular formula is C20H16N2O5S2. The van der Waals surface area contributed by atoms with Crippen molar-refractivity contribution in [2.75, 3.05) is 0 Å². The molecule has 0 aromatic heterocycles. The molecule has 29 heavy (non-hydrogen) atoms. The number of thioether (sulfide) groups is 2. The largest absolute Gasteiger partial charge is 0.457 e. The Hall–Kier alpha value is -2.78. The topological polar surface area (TPSA) is 102 Å². The number of rotatable bonds is 6. The van der Waals surface area contributed by atoms with Gasteiger partial charge in [0.2, 0.25) is 11.8 Å². The van der Waals surface area contributed by atoms with Gasteiger partial charge in [-0.1, -0.05) is 47.8 Å². The van der Waals surface area contributed by atoms with Gasteiger partial charge in [0.25, 0.3) is 10.5 Å². The van der Waals surface area contributed by atoms with Gasteiger partial charge in [0.1, 0.15) is 11.5 Å². The van der Waals surface area contributed by atoms with Gasteiger partial charge < -0.3 is 4.74 Å². The van der Waals surface area contributed by atoms with Gasteiger partial charge in [-0.05, 0) is 48.2 Å². The Morgan fingerprint density at radius 2 is 1.03 bits per heavy atom. The Morgan fingerprint density at radius 1 is 0.655 bits per heavy atom. The maximum atomic E-state index is 11.6. The van der Waals surface area contributed by atoms with Crippen molar-refractivity contribution in [3.8, 4) is 11.5 Å². The summed E-state index contributed by atoms with van der Waals surface area (Å²) in [5.74, 6) is 0.798. The molecule has 2 N–H and O–H groups in total. The molecule has 2 aromatic rings. The third-order valence-electron chi connectivity index (χ3n) is 4.46. The lowest BCUT2D eigenvalue weighted by atomic mass is 10.1. The summed E-state index contributed by atoms with van der Waals surface area (Å²) in [6.45, 7) is 0. The number of nitrogens with one attached hydrogen (secondary N) is 2. The van der Waals surface area contributed by atoms with E-state index in [1.807, 2.05) is 48.5 Å². The van der Waals surface area contributed by atoms with E-state index in [1.165, 1.54) is 0 Å². The van der Waals surface area contributed by atoms with Crippen LogP contribution >= 0.6 is 23.5 Å². The fourth-order valence-corrected chi connectivity index (χ4v) is 4.73. The molecule has 0 aliphatic carbocycles. The standard InChI is InChI=1S/C20H16N2O5S2/c23-17-15(28-19(25)21-17)9-11-1-5-13(6-2-11)27-14-7-3-12(4-8-14)10-16-18(24)22-20(26)29-16/h1-8,15-16H,9-10H2,(H,21,23,25)(H,22,24,26)/t15-,16-/m1/s1. The lowest BCUT2D eigenvalue weighted by molar-refractivity contribution is -0.119. The zero-order valence-electron chi connectivity index (χ0n) is 15.0. The Bertz CT molecular complexity index is 896. The Morgan fingerprint density at radius 3 is 1.34 bits per heavy atom. The number of amides is 4. The summed E-state index contributed by atoms with van der Waals surface area (Å²) in [4.78, 5) is 45.8. The van der Waals surface area contributed by atoms with E-state index in [-0.39, 0.29) is 22.3 Å². The normalized spacial score (nSPS) is 21.2. The molecule has 4 amide bonds. The van der Waals surface area contributed by atoms with Crippen molar-refractivity contribution in [2.24, 2.45) is 0 Å². The molecule has 2 fully saturated rings. The molecule has 0 radical (unpaired) electrons. The van der Waals surface area contributed by atoms with Crippen molar-refractivity contribution in [2.45, 2.75) is 23.3 Å². The molecule has 2 aliphatic rings. The van der Waals surface area contributed by atoms with E-state index in [1.54, 1.807) is 0 Å². The van der Waals surface area contributed by atoms with Crippen LogP contribution in [0.1, 0.15) is 11.1 Å². The van der Waals surface area contributed by atoms with Gasteiger partial charge in [-0.25, -0.2) is 0 Å². The molecule has 7 nitrogen and oxygen atoms in total. The van der Waals surface area contributed by atoms with E-state index in [0.717, 1.165) is 34.7 Å². The highest BCUT2D eigenvalue weighted by Crippen LogP contribution is 2.27. The quantitative estimate of drug-likeness (QED) is 0.728. The van der Waals surface area contributed by atoms with Crippen LogP contribution < -0.4 is 15.4 Å². The molecule has 148 valence electrons. The number of benzene rings is 2. The Balaban J connectivity index is 1.33. The van der Waals surface area contributed by atoms with E-state index in [2.05, 4.69) is 10.6 Å². The first kappa shape index (κ1) is 19.5. The molecule has 2 aromatic carbocycles. The van der Waals surface area contributed by atoms with Crippen LogP contribution in [0, 0.1) is 0 Å². The van der Waals surface area contributed by atoms with Crippen LogP contribution in [0.4, 0.5) is 9.59 Å². The predicted molar refractivity (Wildman–Crippen MR) is 110 cm³/mol. The number of imide groups is 2. The lowest BCUT2D eigenvalue weighted by Crippen LogP contribution is -2.25. The summed E-state index contributed by atoms with van der Waals surface area (Å²) in [7, 11) is 0. The summed E-state index contributed by atoms with van der Waals surface area (Å²) in [5, 5.41) is 3.18. The van der Waals surface area contributed by atoms with Crippen LogP contribution in [-0.2, 0) is 22.4 Å². The van der Waals surface area contributed by atoms with Crippen LogP contribution in [0.5, 0.6) is 11.5 Å². The van der Waals surface area contributed by atoms with Gasteiger partial charge in [0.05, 0.1) is 10.5 Å². The van der Waals surface area contributed by atoms with Gasteiger partial charge in [-0.15, -0.1) is 0 Å². The first-order valence-electron chi connectivity index (χ1n) is 8.85. The fourth-order valence-electron chi connectivity index (χ4n) is 3.01. The maximum absolute atomic E-state index is 11.6. The number of hydrogen-bond donors (Lipinski definition) is 2. The summed E-state index contributed by atoms with van der Waals surface area (Å²) in [6.07, 6.45) is 0.957. The van der Waals surface area contributed by atoms with E-state index >= 15 is 0 Å². The van der Waals surface area contributed by atoms with Crippen molar-refractivity contribution >= 4 is 45.8 Å². The van der Waals surface area contributed by atoms with Crippen LogP contribution in [0.15, 0.2) is 48.5 Å². The first-order valence-corrected chi connectivity index (χ1v) is 10.6.